The molecular weight excluding hydrogens is 617 g/mol. The minimum atomic E-state index is -1.01. The summed E-state index contributed by atoms with van der Waals surface area (Å²) in [6, 6.07) is 2.52. The number of carbonyl (C=O) groups is 2. The molecule has 4 aromatic rings. The Balaban J connectivity index is 1.76. The highest BCUT2D eigenvalue weighted by molar-refractivity contribution is 6.36. The molecule has 0 saturated carbocycles. The van der Waals surface area contributed by atoms with Gasteiger partial charge in [-0.2, -0.15) is 0 Å². The number of halogens is 2. The van der Waals surface area contributed by atoms with E-state index in [0.717, 1.165) is 12.1 Å². The van der Waals surface area contributed by atoms with Gasteiger partial charge in [-0.15, -0.1) is 0 Å². The van der Waals surface area contributed by atoms with E-state index in [1.54, 1.807) is 0 Å². The van der Waals surface area contributed by atoms with Crippen LogP contribution in [-0.4, -0.2) is 70.1 Å². The summed E-state index contributed by atoms with van der Waals surface area (Å²) in [6.45, 7) is 6.11. The number of hydrogen-bond donors (Lipinski definition) is 1. The van der Waals surface area contributed by atoms with Crippen LogP contribution in [0.2, 0.25) is 10.0 Å². The lowest BCUT2D eigenvalue weighted by molar-refractivity contribution is -0.0785. The molecule has 3 aromatic heterocycles. The number of amides is 1. The summed E-state index contributed by atoms with van der Waals surface area (Å²) in [4.78, 5) is 60.8. The summed E-state index contributed by atoms with van der Waals surface area (Å²) in [7, 11) is 1.32. The Labute approximate surface area is 260 Å². The third-order valence-corrected chi connectivity index (χ3v) is 8.23. The van der Waals surface area contributed by atoms with E-state index >= 15 is 0 Å². The Hall–Kier alpha value is -3.97. The van der Waals surface area contributed by atoms with Crippen molar-refractivity contribution in [1.29, 1.82) is 0 Å². The maximum absolute atomic E-state index is 14.1. The summed E-state index contributed by atoms with van der Waals surface area (Å²) in [5.74, 6) is -1.60. The zero-order valence-electron chi connectivity index (χ0n) is 24.3. The number of aliphatic hydroxyl groups is 1. The molecule has 2 bridgehead atoms. The predicted molar refractivity (Wildman–Crippen MR) is 161 cm³/mol. The molecule has 1 aliphatic heterocycles. The molecule has 1 saturated heterocycles. The van der Waals surface area contributed by atoms with Crippen LogP contribution in [-0.2, 0) is 6.42 Å². The van der Waals surface area contributed by atoms with Crippen molar-refractivity contribution in [2.45, 2.75) is 51.9 Å². The lowest BCUT2D eigenvalue weighted by Crippen LogP contribution is -2.60. The third kappa shape index (κ3) is 5.77. The molecule has 12 nitrogen and oxygen atoms in total. The lowest BCUT2D eigenvalue weighted by Gasteiger charge is -2.46. The summed E-state index contributed by atoms with van der Waals surface area (Å²) in [6.07, 6.45) is 2.12. The smallest absolute Gasteiger partial charge is 0.336 e. The molecule has 5 rings (SSSR count). The number of hydrogen-bond acceptors (Lipinski definition) is 11. The first-order chi connectivity index (χ1) is 20.9. The molecule has 44 heavy (non-hydrogen) atoms. The molecule has 1 fully saturated rings. The summed E-state index contributed by atoms with van der Waals surface area (Å²) in [5, 5.41) is 10.7. The summed E-state index contributed by atoms with van der Waals surface area (Å²) >= 11 is 12.6. The van der Waals surface area contributed by atoms with Gasteiger partial charge < -0.3 is 28.0 Å². The maximum atomic E-state index is 14.1. The van der Waals surface area contributed by atoms with Crippen molar-refractivity contribution in [3.05, 3.63) is 78.4 Å². The van der Waals surface area contributed by atoms with Crippen LogP contribution in [0.25, 0.3) is 22.1 Å². The number of ketones is 1. The molecule has 0 radical (unpaired) electrons. The predicted octanol–water partition coefficient (Wildman–Crippen LogP) is 4.45. The van der Waals surface area contributed by atoms with Crippen molar-refractivity contribution < 1.29 is 32.7 Å². The van der Waals surface area contributed by atoms with Gasteiger partial charge in [0, 0.05) is 67.8 Å². The van der Waals surface area contributed by atoms with Crippen LogP contribution in [0, 0.1) is 0 Å². The first-order valence-corrected chi connectivity index (χ1v) is 14.6. The normalized spacial score (nSPS) is 18.0. The molecule has 14 heteroatoms. The number of benzene rings is 1. The highest BCUT2D eigenvalue weighted by atomic mass is 35.5. The molecule has 1 amide bonds. The van der Waals surface area contributed by atoms with E-state index in [-0.39, 0.29) is 86.4 Å². The molecule has 3 unspecified atom stereocenters. The van der Waals surface area contributed by atoms with Gasteiger partial charge in [0.05, 0.1) is 28.1 Å². The second-order valence-electron chi connectivity index (χ2n) is 10.5. The van der Waals surface area contributed by atoms with E-state index in [1.807, 2.05) is 25.7 Å². The van der Waals surface area contributed by atoms with Crippen molar-refractivity contribution in [3.8, 4) is 5.75 Å². The molecule has 0 aliphatic carbocycles. The number of furan rings is 1. The number of piperazine rings is 1. The Kier molecular flexibility index (Phi) is 8.98. The Morgan fingerprint density at radius 1 is 1.05 bits per heavy atom. The molecule has 4 heterocycles. The number of carbonyl (C=O) groups excluding carboxylic acids is 2. The molecule has 3 atom stereocenters. The minimum absolute atomic E-state index is 0.0119. The zero-order valence-corrected chi connectivity index (χ0v) is 25.8. The Morgan fingerprint density at radius 2 is 1.66 bits per heavy atom. The van der Waals surface area contributed by atoms with Crippen LogP contribution in [0.3, 0.4) is 0 Å². The second kappa shape index (κ2) is 12.6. The summed E-state index contributed by atoms with van der Waals surface area (Å²) < 4.78 is 22.6. The first kappa shape index (κ1) is 31.5. The van der Waals surface area contributed by atoms with Crippen molar-refractivity contribution in [3.63, 3.8) is 0 Å². The highest BCUT2D eigenvalue weighted by Gasteiger charge is 2.38. The van der Waals surface area contributed by atoms with Gasteiger partial charge in [0.2, 0.25) is 5.76 Å². The van der Waals surface area contributed by atoms with E-state index in [2.05, 4.69) is 4.98 Å². The number of Topliss-reactive ketones (excluding diaryl/α,β-unsaturated/α-hetero) is 1. The Morgan fingerprint density at radius 3 is 2.25 bits per heavy atom. The number of ether oxygens (including phenoxy) is 1. The van der Waals surface area contributed by atoms with Gasteiger partial charge in [0.15, 0.2) is 22.7 Å². The fourth-order valence-electron chi connectivity index (χ4n) is 5.66. The third-order valence-electron chi connectivity index (χ3n) is 7.58. The average molecular weight is 646 g/mol. The number of methoxy groups -OCH3 is 1. The van der Waals surface area contributed by atoms with Gasteiger partial charge in [0.25, 0.3) is 5.91 Å². The van der Waals surface area contributed by atoms with E-state index in [9.17, 15) is 24.3 Å². The van der Waals surface area contributed by atoms with Crippen LogP contribution < -0.4 is 16.0 Å². The van der Waals surface area contributed by atoms with Crippen molar-refractivity contribution in [2.24, 2.45) is 0 Å². The molecular formula is C30H29Cl2N3O9. The number of rotatable bonds is 7. The number of nitrogens with zero attached hydrogens (tertiary/aromatic N) is 3. The molecule has 0 spiro atoms. The lowest BCUT2D eigenvalue weighted by atomic mass is 9.99. The monoisotopic (exact) mass is 645 g/mol. The molecule has 1 N–H and O–H groups in total. The number of aliphatic hydroxyl groups excluding tert-OH is 1. The number of fused-ring (bicyclic) bond motifs is 1. The minimum Gasteiger partial charge on any atom is -0.493 e. The SMILES string of the molecule is CCC(O)N1C(C)CN(C(=O)c2oc3c(OC)cc4oc(=O)ccc(=O)oc2c3c4C(=O)Cc2c(Cl)cncc2Cl)CC1C. The first-order valence-electron chi connectivity index (χ1n) is 13.8. The van der Waals surface area contributed by atoms with Gasteiger partial charge in [-0.1, -0.05) is 30.1 Å². The van der Waals surface area contributed by atoms with Gasteiger partial charge in [-0.3, -0.25) is 19.5 Å². The van der Waals surface area contributed by atoms with E-state index in [1.165, 1.54) is 30.5 Å². The largest absolute Gasteiger partial charge is 0.493 e. The van der Waals surface area contributed by atoms with Gasteiger partial charge in [0.1, 0.15) is 11.8 Å². The van der Waals surface area contributed by atoms with Crippen molar-refractivity contribution in [2.75, 3.05) is 20.2 Å². The van der Waals surface area contributed by atoms with E-state index in [4.69, 9.17) is 41.2 Å². The average Bonchev–Trinajstić information content (AvgIpc) is 3.35. The maximum Gasteiger partial charge on any atom is 0.336 e. The van der Waals surface area contributed by atoms with Gasteiger partial charge in [-0.05, 0) is 20.3 Å². The van der Waals surface area contributed by atoms with E-state index < -0.39 is 29.2 Å². The van der Waals surface area contributed by atoms with Crippen LogP contribution in [0.4, 0.5) is 0 Å². The van der Waals surface area contributed by atoms with Crippen molar-refractivity contribution in [1.82, 2.24) is 14.8 Å². The molecule has 1 aromatic carbocycles. The number of aromatic nitrogens is 1. The summed E-state index contributed by atoms with van der Waals surface area (Å²) in [5.41, 5.74) is -2.58. The quantitative estimate of drug-likeness (QED) is 0.283. The molecule has 232 valence electrons. The highest BCUT2D eigenvalue weighted by Crippen LogP contribution is 2.40. The standard InChI is InChI=1S/C30H29Cl2N3O9/c1-5-22(37)35-14(2)12-34(13-15(35)3)30(40)29-28-26-25(19(36)8-16-17(31)10-33-11-18(16)32)20(9-21(41-4)27(26)44-29)42-23(38)6-7-24(39)43-28/h6-7,9-11,14-15,22,37H,5,8,12-13H2,1-4H3. The second-order valence-corrected chi connectivity index (χ2v) is 11.3. The Bertz CT molecular complexity index is 1880. The number of pyridine rings is 1. The fourth-order valence-corrected chi connectivity index (χ4v) is 6.15. The van der Waals surface area contributed by atoms with Gasteiger partial charge in [-0.25, -0.2) is 9.59 Å². The van der Waals surface area contributed by atoms with Crippen LogP contribution in [0.15, 0.2) is 53.4 Å². The van der Waals surface area contributed by atoms with Crippen molar-refractivity contribution >= 4 is 57.0 Å². The fraction of sp³-hybridized carbons (Fsp3) is 0.367. The molecule has 1 aliphatic rings. The topological polar surface area (TPSA) is 157 Å². The van der Waals surface area contributed by atoms with Crippen LogP contribution in [0.5, 0.6) is 5.75 Å². The van der Waals surface area contributed by atoms with E-state index in [0.29, 0.717) is 6.42 Å². The van der Waals surface area contributed by atoms with Crippen LogP contribution in [0.1, 0.15) is 53.7 Å². The van der Waals surface area contributed by atoms with Crippen LogP contribution >= 0.6 is 23.2 Å². The zero-order chi connectivity index (χ0) is 31.9. The van der Waals surface area contributed by atoms with Gasteiger partial charge >= 0.3 is 11.3 Å².